The first kappa shape index (κ1) is 19.5. The van der Waals surface area contributed by atoms with E-state index in [1.807, 2.05) is 6.92 Å². The molecule has 140 valence electrons. The van der Waals surface area contributed by atoms with Crippen LogP contribution in [0.2, 0.25) is 0 Å². The van der Waals surface area contributed by atoms with E-state index in [2.05, 4.69) is 10.1 Å². The number of hydrogen-bond acceptors (Lipinski definition) is 4. The van der Waals surface area contributed by atoms with Crippen molar-refractivity contribution in [2.45, 2.75) is 26.0 Å². The lowest BCUT2D eigenvalue weighted by molar-refractivity contribution is -0.121. The molecule has 2 rings (SSSR count). The number of halogens is 2. The number of benzene rings is 2. The minimum atomic E-state index is -2.86. The Labute approximate surface area is 150 Å². The summed E-state index contributed by atoms with van der Waals surface area (Å²) in [5.74, 6) is 1.11. The van der Waals surface area contributed by atoms with Gasteiger partial charge in [0.15, 0.2) is 0 Å². The van der Waals surface area contributed by atoms with Crippen LogP contribution in [0.15, 0.2) is 42.5 Å². The van der Waals surface area contributed by atoms with E-state index < -0.39 is 6.61 Å². The zero-order chi connectivity index (χ0) is 19.1. The van der Waals surface area contributed by atoms with Gasteiger partial charge in [0, 0.05) is 5.56 Å². The summed E-state index contributed by atoms with van der Waals surface area (Å²) in [4.78, 5) is 12.3. The smallest absolute Gasteiger partial charge is 0.387 e. The van der Waals surface area contributed by atoms with Crippen molar-refractivity contribution in [3.63, 3.8) is 0 Å². The van der Waals surface area contributed by atoms with E-state index in [9.17, 15) is 13.6 Å². The number of carbonyl (C=O) groups is 1. The molecule has 1 amide bonds. The minimum absolute atomic E-state index is 0.0726. The molecule has 1 unspecified atom stereocenters. The molecule has 7 heteroatoms. The maximum atomic E-state index is 12.3. The summed E-state index contributed by atoms with van der Waals surface area (Å²) >= 11 is 0. The van der Waals surface area contributed by atoms with Crippen LogP contribution >= 0.6 is 0 Å². The third kappa shape index (κ3) is 5.34. The highest BCUT2D eigenvalue weighted by molar-refractivity contribution is 5.80. The lowest BCUT2D eigenvalue weighted by Gasteiger charge is -2.16. The van der Waals surface area contributed by atoms with Crippen molar-refractivity contribution in [2.24, 2.45) is 0 Å². The molecule has 0 spiro atoms. The van der Waals surface area contributed by atoms with Gasteiger partial charge < -0.3 is 19.5 Å². The summed E-state index contributed by atoms with van der Waals surface area (Å²) in [6.45, 7) is -1.06. The first-order chi connectivity index (χ1) is 12.4. The Balaban J connectivity index is 2.01. The van der Waals surface area contributed by atoms with Crippen LogP contribution < -0.4 is 19.5 Å². The van der Waals surface area contributed by atoms with Crippen molar-refractivity contribution in [3.05, 3.63) is 53.6 Å². The number of carbonyl (C=O) groups excluding carboxylic acids is 1. The standard InChI is InChI=1S/C19H21F2NO4/c1-12(13-4-6-15(7-5-13)26-19(20)21)22-18(23)11-14-10-16(24-2)8-9-17(14)25-3/h4-10,12,19H,11H2,1-3H3,(H,22,23). The van der Waals surface area contributed by atoms with Gasteiger partial charge in [0.05, 0.1) is 26.7 Å². The van der Waals surface area contributed by atoms with E-state index >= 15 is 0 Å². The average molecular weight is 365 g/mol. The van der Waals surface area contributed by atoms with Crippen LogP contribution in [0.1, 0.15) is 24.1 Å². The number of rotatable bonds is 8. The molecular formula is C19H21F2NO4. The summed E-state index contributed by atoms with van der Waals surface area (Å²) in [5, 5.41) is 2.87. The van der Waals surface area contributed by atoms with Crippen LogP contribution in [-0.2, 0) is 11.2 Å². The Morgan fingerprint density at radius 2 is 1.69 bits per heavy atom. The van der Waals surface area contributed by atoms with Crippen LogP contribution in [0.25, 0.3) is 0 Å². The molecule has 0 heterocycles. The lowest BCUT2D eigenvalue weighted by Crippen LogP contribution is -2.28. The third-order valence-electron chi connectivity index (χ3n) is 3.82. The van der Waals surface area contributed by atoms with Gasteiger partial charge in [-0.2, -0.15) is 8.78 Å². The van der Waals surface area contributed by atoms with Gasteiger partial charge in [-0.25, -0.2) is 0 Å². The molecule has 5 nitrogen and oxygen atoms in total. The van der Waals surface area contributed by atoms with Gasteiger partial charge >= 0.3 is 6.61 Å². The summed E-state index contributed by atoms with van der Waals surface area (Å²) in [6, 6.07) is 11.1. The SMILES string of the molecule is COc1ccc(OC)c(CC(=O)NC(C)c2ccc(OC(F)F)cc2)c1. The topological polar surface area (TPSA) is 56.8 Å². The van der Waals surface area contributed by atoms with Crippen LogP contribution in [0.5, 0.6) is 17.2 Å². The maximum Gasteiger partial charge on any atom is 0.387 e. The summed E-state index contributed by atoms with van der Waals surface area (Å²) in [6.07, 6.45) is 0.122. The fraction of sp³-hybridized carbons (Fsp3) is 0.316. The van der Waals surface area contributed by atoms with Gasteiger partial charge in [0.2, 0.25) is 5.91 Å². The molecular weight excluding hydrogens is 344 g/mol. The number of alkyl halides is 2. The Morgan fingerprint density at radius 3 is 2.27 bits per heavy atom. The maximum absolute atomic E-state index is 12.3. The van der Waals surface area contributed by atoms with Crippen molar-refractivity contribution in [1.29, 1.82) is 0 Å². The van der Waals surface area contributed by atoms with Gasteiger partial charge in [-0.3, -0.25) is 4.79 Å². The molecule has 2 aromatic carbocycles. The molecule has 0 fully saturated rings. The molecule has 0 radical (unpaired) electrons. The molecule has 1 N–H and O–H groups in total. The second-order valence-corrected chi connectivity index (χ2v) is 5.59. The quantitative estimate of drug-likeness (QED) is 0.775. The molecule has 0 aliphatic heterocycles. The highest BCUT2D eigenvalue weighted by Gasteiger charge is 2.14. The molecule has 2 aromatic rings. The van der Waals surface area contributed by atoms with Crippen molar-refractivity contribution >= 4 is 5.91 Å². The summed E-state index contributed by atoms with van der Waals surface area (Å²) < 4.78 is 39.1. The van der Waals surface area contributed by atoms with Crippen LogP contribution in [0.3, 0.4) is 0 Å². The average Bonchev–Trinajstić information content (AvgIpc) is 2.61. The highest BCUT2D eigenvalue weighted by Crippen LogP contribution is 2.25. The minimum Gasteiger partial charge on any atom is -0.497 e. The summed E-state index contributed by atoms with van der Waals surface area (Å²) in [5.41, 5.74) is 1.48. The zero-order valence-electron chi connectivity index (χ0n) is 14.8. The molecule has 0 aliphatic carbocycles. The predicted molar refractivity (Wildman–Crippen MR) is 92.9 cm³/mol. The Hall–Kier alpha value is -2.83. The van der Waals surface area contributed by atoms with E-state index in [0.717, 1.165) is 5.56 Å². The number of nitrogens with one attached hydrogen (secondary N) is 1. The van der Waals surface area contributed by atoms with Crippen molar-refractivity contribution in [3.8, 4) is 17.2 Å². The van der Waals surface area contributed by atoms with Gasteiger partial charge in [0.25, 0.3) is 0 Å². The van der Waals surface area contributed by atoms with E-state index in [1.54, 1.807) is 37.4 Å². The van der Waals surface area contributed by atoms with E-state index in [1.165, 1.54) is 19.2 Å². The summed E-state index contributed by atoms with van der Waals surface area (Å²) in [7, 11) is 3.09. The molecule has 0 aliphatic rings. The van der Waals surface area contributed by atoms with E-state index in [4.69, 9.17) is 9.47 Å². The third-order valence-corrected chi connectivity index (χ3v) is 3.82. The number of ether oxygens (including phenoxy) is 3. The molecule has 26 heavy (non-hydrogen) atoms. The second-order valence-electron chi connectivity index (χ2n) is 5.59. The van der Waals surface area contributed by atoms with Crippen molar-refractivity contribution < 1.29 is 27.8 Å². The molecule has 0 bridgehead atoms. The van der Waals surface area contributed by atoms with E-state index in [-0.39, 0.29) is 24.1 Å². The van der Waals surface area contributed by atoms with Crippen molar-refractivity contribution in [2.75, 3.05) is 14.2 Å². The first-order valence-corrected chi connectivity index (χ1v) is 7.98. The lowest BCUT2D eigenvalue weighted by atomic mass is 10.1. The van der Waals surface area contributed by atoms with Gasteiger partial charge in [-0.15, -0.1) is 0 Å². The largest absolute Gasteiger partial charge is 0.497 e. The fourth-order valence-electron chi connectivity index (χ4n) is 2.51. The van der Waals surface area contributed by atoms with Crippen LogP contribution in [0, 0.1) is 0 Å². The first-order valence-electron chi connectivity index (χ1n) is 7.98. The number of methoxy groups -OCH3 is 2. The molecule has 0 saturated heterocycles. The monoisotopic (exact) mass is 365 g/mol. The molecule has 0 aromatic heterocycles. The number of hydrogen-bond donors (Lipinski definition) is 1. The fourth-order valence-corrected chi connectivity index (χ4v) is 2.51. The second kappa shape index (κ2) is 9.03. The zero-order valence-corrected chi connectivity index (χ0v) is 14.8. The van der Waals surface area contributed by atoms with Gasteiger partial charge in [-0.05, 0) is 42.8 Å². The molecule has 1 atom stereocenters. The van der Waals surface area contributed by atoms with Gasteiger partial charge in [-0.1, -0.05) is 12.1 Å². The van der Waals surface area contributed by atoms with Crippen molar-refractivity contribution in [1.82, 2.24) is 5.32 Å². The Bertz CT molecular complexity index is 735. The van der Waals surface area contributed by atoms with Crippen LogP contribution in [-0.4, -0.2) is 26.7 Å². The van der Waals surface area contributed by atoms with Gasteiger partial charge in [0.1, 0.15) is 17.2 Å². The van der Waals surface area contributed by atoms with E-state index in [0.29, 0.717) is 17.1 Å². The normalized spacial score (nSPS) is 11.8. The Kier molecular flexibility index (Phi) is 6.77. The predicted octanol–water partition coefficient (Wildman–Crippen LogP) is 3.73. The highest BCUT2D eigenvalue weighted by atomic mass is 19.3. The van der Waals surface area contributed by atoms with Crippen LogP contribution in [0.4, 0.5) is 8.78 Å². The number of amides is 1. The molecule has 0 saturated carbocycles. The Morgan fingerprint density at radius 1 is 1.04 bits per heavy atom.